The van der Waals surface area contributed by atoms with Crippen LogP contribution in [0.25, 0.3) is 0 Å². The summed E-state index contributed by atoms with van der Waals surface area (Å²) in [5.41, 5.74) is 1.26. The minimum atomic E-state index is -3.75. The van der Waals surface area contributed by atoms with E-state index in [1.165, 1.54) is 34.1 Å². The summed E-state index contributed by atoms with van der Waals surface area (Å²) in [7, 11) is -3.75. The summed E-state index contributed by atoms with van der Waals surface area (Å²) in [6.07, 6.45) is 2.52. The number of aromatic nitrogens is 2. The van der Waals surface area contributed by atoms with Crippen molar-refractivity contribution in [3.63, 3.8) is 0 Å². The number of hydrogen-bond acceptors (Lipinski definition) is 7. The number of aryl methyl sites for hydroxylation is 2. The molecule has 0 radical (unpaired) electrons. The summed E-state index contributed by atoms with van der Waals surface area (Å²) >= 11 is 0. The topological polar surface area (TPSA) is 88.8 Å². The molecule has 0 aliphatic carbocycles. The lowest BCUT2D eigenvalue weighted by molar-refractivity contribution is -0.0498. The van der Waals surface area contributed by atoms with Gasteiger partial charge in [-0.05, 0) is 42.7 Å². The van der Waals surface area contributed by atoms with Gasteiger partial charge in [-0.2, -0.15) is 18.1 Å². The van der Waals surface area contributed by atoms with E-state index in [1.54, 1.807) is 0 Å². The molecule has 1 aromatic heterocycles. The van der Waals surface area contributed by atoms with Gasteiger partial charge in [0.15, 0.2) is 5.82 Å². The highest BCUT2D eigenvalue weighted by Gasteiger charge is 2.30. The molecular weight excluding hydrogens is 454 g/mol. The number of benzene rings is 2. The molecule has 0 atom stereocenters. The molecule has 1 aliphatic rings. The van der Waals surface area contributed by atoms with E-state index in [2.05, 4.69) is 27.0 Å². The van der Waals surface area contributed by atoms with Crippen molar-refractivity contribution in [1.29, 1.82) is 0 Å². The first kappa shape index (κ1) is 23.1. The fourth-order valence-corrected chi connectivity index (χ4v) is 5.05. The van der Waals surface area contributed by atoms with E-state index in [0.29, 0.717) is 31.3 Å². The zero-order chi connectivity index (χ0) is 23.3. The third kappa shape index (κ3) is 5.85. The number of anilines is 1. The maximum atomic E-state index is 12.9. The van der Waals surface area contributed by atoms with Gasteiger partial charge in [0.1, 0.15) is 5.75 Å². The first-order valence-electron chi connectivity index (χ1n) is 10.6. The van der Waals surface area contributed by atoms with Crippen molar-refractivity contribution in [1.82, 2.24) is 14.4 Å². The van der Waals surface area contributed by atoms with Crippen LogP contribution in [0.15, 0.2) is 64.0 Å². The van der Waals surface area contributed by atoms with E-state index in [4.69, 9.17) is 4.52 Å². The number of hydrogen-bond donors (Lipinski definition) is 0. The van der Waals surface area contributed by atoms with Crippen LogP contribution in [0.3, 0.4) is 0 Å². The summed E-state index contributed by atoms with van der Waals surface area (Å²) in [6, 6.07) is 15.5. The van der Waals surface area contributed by atoms with Gasteiger partial charge in [-0.15, -0.1) is 0 Å². The van der Waals surface area contributed by atoms with Gasteiger partial charge in [-0.3, -0.25) is 0 Å². The second-order valence-corrected chi connectivity index (χ2v) is 9.51. The molecule has 33 heavy (non-hydrogen) atoms. The van der Waals surface area contributed by atoms with Gasteiger partial charge in [-0.25, -0.2) is 8.42 Å². The van der Waals surface area contributed by atoms with E-state index in [0.717, 1.165) is 12.8 Å². The van der Waals surface area contributed by atoms with Gasteiger partial charge in [-0.1, -0.05) is 35.5 Å². The van der Waals surface area contributed by atoms with Crippen molar-refractivity contribution < 1.29 is 26.5 Å². The highest BCUT2D eigenvalue weighted by Crippen LogP contribution is 2.23. The molecule has 8 nitrogen and oxygen atoms in total. The molecule has 0 N–H and O–H groups in total. The predicted molar refractivity (Wildman–Crippen MR) is 117 cm³/mol. The Labute approximate surface area is 190 Å². The molecular formula is C22H24F2N4O4S. The van der Waals surface area contributed by atoms with Crippen LogP contribution in [-0.2, 0) is 22.9 Å². The average molecular weight is 479 g/mol. The van der Waals surface area contributed by atoms with E-state index >= 15 is 0 Å². The third-order valence-corrected chi connectivity index (χ3v) is 7.27. The maximum Gasteiger partial charge on any atom is 0.387 e. The predicted octanol–water partition coefficient (Wildman–Crippen LogP) is 3.36. The van der Waals surface area contributed by atoms with E-state index < -0.39 is 16.6 Å². The van der Waals surface area contributed by atoms with Crippen LogP contribution in [0, 0.1) is 0 Å². The van der Waals surface area contributed by atoms with Gasteiger partial charge in [0.05, 0.1) is 4.90 Å². The van der Waals surface area contributed by atoms with Crippen LogP contribution >= 0.6 is 0 Å². The molecule has 0 amide bonds. The van der Waals surface area contributed by atoms with E-state index in [9.17, 15) is 17.2 Å². The third-order valence-electron chi connectivity index (χ3n) is 5.36. The fraction of sp³-hybridized carbons (Fsp3) is 0.364. The molecule has 176 valence electrons. The van der Waals surface area contributed by atoms with Crippen molar-refractivity contribution in [2.24, 2.45) is 0 Å². The van der Waals surface area contributed by atoms with Crippen LogP contribution in [0.4, 0.5) is 14.8 Å². The molecule has 4 rings (SSSR count). The molecule has 0 spiro atoms. The Kier molecular flexibility index (Phi) is 7.19. The minimum absolute atomic E-state index is 0.0241. The van der Waals surface area contributed by atoms with Crippen molar-refractivity contribution in [3.8, 4) is 5.75 Å². The number of halogens is 2. The maximum absolute atomic E-state index is 12.9. The van der Waals surface area contributed by atoms with Crippen LogP contribution in [0.5, 0.6) is 5.75 Å². The Hall–Kier alpha value is -3.05. The Morgan fingerprint density at radius 3 is 2.33 bits per heavy atom. The molecule has 1 fully saturated rings. The summed E-state index contributed by atoms with van der Waals surface area (Å²) in [5, 5.41) is 4.04. The molecule has 2 aromatic carbocycles. The van der Waals surface area contributed by atoms with Crippen LogP contribution in [0.1, 0.15) is 17.8 Å². The number of piperazine rings is 1. The zero-order valence-corrected chi connectivity index (χ0v) is 18.6. The first-order chi connectivity index (χ1) is 15.9. The van der Waals surface area contributed by atoms with E-state index in [1.807, 2.05) is 23.1 Å². The monoisotopic (exact) mass is 478 g/mol. The first-order valence-corrected chi connectivity index (χ1v) is 12.0. The molecule has 11 heteroatoms. The van der Waals surface area contributed by atoms with Crippen molar-refractivity contribution in [2.45, 2.75) is 30.8 Å². The average Bonchev–Trinajstić information content (AvgIpc) is 3.29. The Morgan fingerprint density at radius 2 is 1.67 bits per heavy atom. The van der Waals surface area contributed by atoms with Crippen LogP contribution in [-0.4, -0.2) is 55.7 Å². The summed E-state index contributed by atoms with van der Waals surface area (Å²) in [6.45, 7) is -1.68. The molecule has 3 aromatic rings. The molecule has 1 aliphatic heterocycles. The van der Waals surface area contributed by atoms with Crippen LogP contribution < -0.4 is 9.64 Å². The van der Waals surface area contributed by atoms with Gasteiger partial charge < -0.3 is 14.2 Å². The Balaban J connectivity index is 1.29. The number of rotatable bonds is 9. The molecule has 0 unspecified atom stereocenters. The highest BCUT2D eigenvalue weighted by atomic mass is 32.2. The number of nitrogens with zero attached hydrogens (tertiary/aromatic N) is 4. The standard InChI is InChI=1S/C22H24F2N4O4S/c23-21(24)31-18-9-11-19(12-10-18)33(29,30)28-15-13-27(14-16-28)22-25-20(26-32-22)8-4-7-17-5-2-1-3-6-17/h1-3,5-6,9-12,21H,4,7-8,13-16H2. The Morgan fingerprint density at radius 1 is 0.970 bits per heavy atom. The molecule has 2 heterocycles. The summed E-state index contributed by atoms with van der Waals surface area (Å²) in [4.78, 5) is 6.33. The summed E-state index contributed by atoms with van der Waals surface area (Å²) < 4.78 is 61.3. The lowest BCUT2D eigenvalue weighted by Gasteiger charge is -2.32. The largest absolute Gasteiger partial charge is 0.435 e. The molecule has 1 saturated heterocycles. The minimum Gasteiger partial charge on any atom is -0.435 e. The molecule has 0 bridgehead atoms. The van der Waals surface area contributed by atoms with Crippen molar-refractivity contribution in [2.75, 3.05) is 31.1 Å². The normalized spacial score (nSPS) is 15.2. The van der Waals surface area contributed by atoms with Crippen LogP contribution in [0.2, 0.25) is 0 Å². The van der Waals surface area contributed by atoms with Gasteiger partial charge in [0.25, 0.3) is 0 Å². The fourth-order valence-electron chi connectivity index (χ4n) is 3.63. The molecule has 0 saturated carbocycles. The van der Waals surface area contributed by atoms with E-state index in [-0.39, 0.29) is 23.7 Å². The van der Waals surface area contributed by atoms with Gasteiger partial charge in [0.2, 0.25) is 10.0 Å². The lowest BCUT2D eigenvalue weighted by atomic mass is 10.1. The Bertz CT molecular complexity index is 1130. The smallest absolute Gasteiger partial charge is 0.387 e. The second kappa shape index (κ2) is 10.3. The number of ether oxygens (including phenoxy) is 1. The van der Waals surface area contributed by atoms with Crippen molar-refractivity contribution in [3.05, 3.63) is 66.0 Å². The van der Waals surface area contributed by atoms with Gasteiger partial charge >= 0.3 is 12.6 Å². The lowest BCUT2D eigenvalue weighted by Crippen LogP contribution is -2.48. The number of alkyl halides is 2. The number of sulfonamides is 1. The summed E-state index contributed by atoms with van der Waals surface area (Å²) in [5.74, 6) is 0.534. The van der Waals surface area contributed by atoms with Crippen molar-refractivity contribution >= 4 is 16.0 Å². The van der Waals surface area contributed by atoms with Gasteiger partial charge in [0, 0.05) is 32.6 Å². The quantitative estimate of drug-likeness (QED) is 0.466. The highest BCUT2D eigenvalue weighted by molar-refractivity contribution is 7.89. The zero-order valence-electron chi connectivity index (χ0n) is 17.8. The second-order valence-electron chi connectivity index (χ2n) is 7.57. The SMILES string of the molecule is O=S(=O)(c1ccc(OC(F)F)cc1)N1CCN(c2nc(CCCc3ccccc3)no2)CC1.